The highest BCUT2D eigenvalue weighted by Crippen LogP contribution is 2.67. The Hall–Kier alpha value is -0.460. The first kappa shape index (κ1) is 20.8. The Balaban J connectivity index is 1.66. The summed E-state index contributed by atoms with van der Waals surface area (Å²) in [5.41, 5.74) is -1.09. The molecular weight excluding hydrogens is 372 g/mol. The number of aliphatic hydroxyl groups is 4. The van der Waals surface area contributed by atoms with E-state index in [1.54, 1.807) is 11.3 Å². The number of hydrogen-bond acceptors (Lipinski definition) is 5. The summed E-state index contributed by atoms with van der Waals surface area (Å²) >= 11 is 1.64. The van der Waals surface area contributed by atoms with Gasteiger partial charge >= 0.3 is 0 Å². The smallest absolute Gasteiger partial charge is 0.104 e. The number of thiophene rings is 1. The fourth-order valence-corrected chi connectivity index (χ4v) is 8.46. The van der Waals surface area contributed by atoms with E-state index >= 15 is 0 Å². The van der Waals surface area contributed by atoms with Gasteiger partial charge in [-0.05, 0) is 85.5 Å². The van der Waals surface area contributed by atoms with Gasteiger partial charge in [0.25, 0.3) is 0 Å². The minimum Gasteiger partial charge on any atom is -0.396 e. The number of aliphatic hydroxyl groups excluding tert-OH is 3. The van der Waals surface area contributed by atoms with Crippen LogP contribution in [0, 0.1) is 34.5 Å². The maximum atomic E-state index is 11.8. The van der Waals surface area contributed by atoms with Crippen molar-refractivity contribution in [2.24, 2.45) is 34.5 Å². The first-order valence-corrected chi connectivity index (χ1v) is 11.8. The lowest BCUT2D eigenvalue weighted by Crippen LogP contribution is -2.55. The molecule has 0 saturated heterocycles. The Kier molecular flexibility index (Phi) is 5.46. The molecule has 0 aromatic carbocycles. The van der Waals surface area contributed by atoms with E-state index in [-0.39, 0.29) is 47.9 Å². The van der Waals surface area contributed by atoms with Gasteiger partial charge in [-0.15, -0.1) is 11.3 Å². The molecule has 3 saturated carbocycles. The molecule has 158 valence electrons. The Morgan fingerprint density at radius 1 is 1.04 bits per heavy atom. The molecule has 4 nitrogen and oxygen atoms in total. The summed E-state index contributed by atoms with van der Waals surface area (Å²) in [6, 6.07) is 4.08. The van der Waals surface area contributed by atoms with E-state index in [1.165, 1.54) is 0 Å². The fraction of sp³-hybridized carbons (Fsp3) is 0.826. The zero-order valence-electron chi connectivity index (χ0n) is 17.2. The zero-order valence-corrected chi connectivity index (χ0v) is 18.0. The van der Waals surface area contributed by atoms with E-state index in [4.69, 9.17) is 0 Å². The quantitative estimate of drug-likeness (QED) is 0.614. The minimum absolute atomic E-state index is 0.0632. The fourth-order valence-electron chi connectivity index (χ4n) is 7.46. The monoisotopic (exact) mass is 408 g/mol. The van der Waals surface area contributed by atoms with E-state index in [1.807, 2.05) is 11.4 Å². The van der Waals surface area contributed by atoms with Crippen LogP contribution in [0.5, 0.6) is 0 Å². The van der Waals surface area contributed by atoms with Gasteiger partial charge in [0, 0.05) is 23.5 Å². The molecule has 5 heteroatoms. The molecule has 0 unspecified atom stereocenters. The molecule has 0 aliphatic heterocycles. The standard InChI is InChI=1S/C23H36O4S/c1-21(8-5-16(26)12-15(21)13-24)18-6-9-22(2)19(17(18)14-25)7-10-23(22,27)20-4-3-11-28-20/h3-4,11,15-19,24-27H,5-10,12-14H2,1-2H3/t15-,16+,17-,18+,19+,21-,22+,23-/m1/s1. The maximum Gasteiger partial charge on any atom is 0.104 e. The predicted octanol–water partition coefficient (Wildman–Crippen LogP) is 3.53. The molecule has 0 spiro atoms. The molecule has 3 aliphatic carbocycles. The molecule has 4 N–H and O–H groups in total. The molecule has 28 heavy (non-hydrogen) atoms. The van der Waals surface area contributed by atoms with Crippen molar-refractivity contribution in [1.82, 2.24) is 0 Å². The molecule has 8 atom stereocenters. The molecule has 1 aromatic heterocycles. The highest BCUT2D eigenvalue weighted by molar-refractivity contribution is 7.10. The van der Waals surface area contributed by atoms with Gasteiger partial charge in [0.15, 0.2) is 0 Å². The zero-order chi connectivity index (χ0) is 20.2. The van der Waals surface area contributed by atoms with Crippen molar-refractivity contribution in [2.75, 3.05) is 13.2 Å². The first-order chi connectivity index (χ1) is 13.3. The summed E-state index contributed by atoms with van der Waals surface area (Å²) < 4.78 is 0. The van der Waals surface area contributed by atoms with Crippen LogP contribution in [0.4, 0.5) is 0 Å². The van der Waals surface area contributed by atoms with Crippen LogP contribution in [0.15, 0.2) is 17.5 Å². The van der Waals surface area contributed by atoms with Crippen LogP contribution in [-0.4, -0.2) is 39.7 Å². The van der Waals surface area contributed by atoms with Gasteiger partial charge in [0.1, 0.15) is 5.60 Å². The van der Waals surface area contributed by atoms with Crippen LogP contribution in [0.1, 0.15) is 63.7 Å². The summed E-state index contributed by atoms with van der Waals surface area (Å²) in [6.07, 6.45) is 5.64. The largest absolute Gasteiger partial charge is 0.396 e. The third-order valence-corrected chi connectivity index (χ3v) is 10.3. The average molecular weight is 409 g/mol. The van der Waals surface area contributed by atoms with Crippen molar-refractivity contribution in [3.05, 3.63) is 22.4 Å². The molecule has 4 rings (SSSR count). The molecular formula is C23H36O4S. The van der Waals surface area contributed by atoms with E-state index in [2.05, 4.69) is 19.9 Å². The molecule has 0 radical (unpaired) electrons. The third-order valence-electron chi connectivity index (χ3n) is 9.30. The highest BCUT2D eigenvalue weighted by atomic mass is 32.1. The molecule has 1 heterocycles. The van der Waals surface area contributed by atoms with E-state index < -0.39 is 5.60 Å². The molecule has 3 aliphatic rings. The van der Waals surface area contributed by atoms with Crippen molar-refractivity contribution < 1.29 is 20.4 Å². The molecule has 3 fully saturated rings. The van der Waals surface area contributed by atoms with Gasteiger partial charge in [-0.2, -0.15) is 0 Å². The van der Waals surface area contributed by atoms with Crippen molar-refractivity contribution in [1.29, 1.82) is 0 Å². The molecule has 1 aromatic rings. The van der Waals surface area contributed by atoms with E-state index in [0.717, 1.165) is 43.4 Å². The van der Waals surface area contributed by atoms with Crippen molar-refractivity contribution in [3.8, 4) is 0 Å². The van der Waals surface area contributed by atoms with Gasteiger partial charge in [0.2, 0.25) is 0 Å². The van der Waals surface area contributed by atoms with Crippen molar-refractivity contribution in [3.63, 3.8) is 0 Å². The van der Waals surface area contributed by atoms with E-state index in [9.17, 15) is 20.4 Å². The second kappa shape index (κ2) is 7.35. The highest BCUT2D eigenvalue weighted by Gasteiger charge is 2.64. The predicted molar refractivity (Wildman–Crippen MR) is 111 cm³/mol. The summed E-state index contributed by atoms with van der Waals surface area (Å²) in [5.74, 6) is 0.830. The Labute approximate surface area is 172 Å². The Morgan fingerprint density at radius 3 is 2.43 bits per heavy atom. The summed E-state index contributed by atoms with van der Waals surface area (Å²) in [6.45, 7) is 4.75. The van der Waals surface area contributed by atoms with Gasteiger partial charge in [0.05, 0.1) is 6.10 Å². The van der Waals surface area contributed by atoms with Gasteiger partial charge < -0.3 is 20.4 Å². The van der Waals surface area contributed by atoms with Crippen molar-refractivity contribution in [2.45, 2.75) is 70.5 Å². The SMILES string of the molecule is C[C@@]1([C@H]2CC[C@@]3(C)[C@@H](CC[C@@]3(O)c3cccs3)[C@@H]2CO)CC[C@H](O)C[C@@H]1CO. The number of rotatable bonds is 4. The lowest BCUT2D eigenvalue weighted by atomic mass is 9.48. The topological polar surface area (TPSA) is 80.9 Å². The van der Waals surface area contributed by atoms with Crippen LogP contribution in [0.3, 0.4) is 0 Å². The van der Waals surface area contributed by atoms with Crippen LogP contribution in [-0.2, 0) is 5.60 Å². The normalized spacial score (nSPS) is 49.1. The summed E-state index contributed by atoms with van der Waals surface area (Å²) in [5, 5.41) is 44.5. The van der Waals surface area contributed by atoms with Gasteiger partial charge in [-0.1, -0.05) is 19.9 Å². The van der Waals surface area contributed by atoms with Gasteiger partial charge in [-0.25, -0.2) is 0 Å². The molecule has 0 bridgehead atoms. The summed E-state index contributed by atoms with van der Waals surface area (Å²) in [7, 11) is 0. The first-order valence-electron chi connectivity index (χ1n) is 11.0. The van der Waals surface area contributed by atoms with E-state index in [0.29, 0.717) is 12.3 Å². The summed E-state index contributed by atoms with van der Waals surface area (Å²) in [4.78, 5) is 1.06. The van der Waals surface area contributed by atoms with Crippen molar-refractivity contribution >= 4 is 11.3 Å². The lowest BCUT2D eigenvalue weighted by Gasteiger charge is -2.57. The number of hydrogen-bond donors (Lipinski definition) is 4. The van der Waals surface area contributed by atoms with Gasteiger partial charge in [-0.3, -0.25) is 0 Å². The lowest BCUT2D eigenvalue weighted by molar-refractivity contribution is -0.152. The average Bonchev–Trinajstić information content (AvgIpc) is 3.31. The van der Waals surface area contributed by atoms with Crippen LogP contribution < -0.4 is 0 Å². The Bertz CT molecular complexity index is 678. The van der Waals surface area contributed by atoms with Crippen LogP contribution in [0.25, 0.3) is 0 Å². The number of fused-ring (bicyclic) bond motifs is 1. The second-order valence-electron chi connectivity index (χ2n) is 10.2. The Morgan fingerprint density at radius 2 is 1.79 bits per heavy atom. The molecule has 0 amide bonds. The minimum atomic E-state index is -0.801. The third kappa shape index (κ3) is 2.84. The van der Waals surface area contributed by atoms with Crippen LogP contribution >= 0.6 is 11.3 Å². The van der Waals surface area contributed by atoms with Crippen LogP contribution in [0.2, 0.25) is 0 Å². The maximum absolute atomic E-state index is 11.8. The second-order valence-corrected chi connectivity index (χ2v) is 11.2.